The third kappa shape index (κ3) is 4.21. The third-order valence-electron chi connectivity index (χ3n) is 3.93. The van der Waals surface area contributed by atoms with Crippen molar-refractivity contribution >= 4 is 5.82 Å². The molecule has 0 bridgehead atoms. The third-order valence-corrected chi connectivity index (χ3v) is 3.93. The van der Waals surface area contributed by atoms with E-state index in [1.54, 1.807) is 37.2 Å². The molecule has 0 unspecified atom stereocenters. The number of rotatable bonds is 8. The Bertz CT molecular complexity index is 881. The van der Waals surface area contributed by atoms with E-state index in [2.05, 4.69) is 20.4 Å². The Hall–Kier alpha value is -3.04. The maximum atomic E-state index is 13.7. The fraction of sp³-hybridized carbons (Fsp3) is 0.278. The summed E-state index contributed by atoms with van der Waals surface area (Å²) in [4.78, 5) is 8.63. The molecule has 0 aliphatic heterocycles. The molecule has 0 radical (unpaired) electrons. The summed E-state index contributed by atoms with van der Waals surface area (Å²) in [5, 5.41) is 7.36. The van der Waals surface area contributed by atoms with Crippen molar-refractivity contribution in [2.24, 2.45) is 0 Å². The van der Waals surface area contributed by atoms with Crippen molar-refractivity contribution < 1.29 is 18.6 Å². The van der Waals surface area contributed by atoms with Gasteiger partial charge in [-0.3, -0.25) is 0 Å². The van der Waals surface area contributed by atoms with Crippen LogP contribution >= 0.6 is 0 Å². The minimum atomic E-state index is -0.435. The van der Waals surface area contributed by atoms with Crippen molar-refractivity contribution in [3.63, 3.8) is 0 Å². The van der Waals surface area contributed by atoms with Crippen LogP contribution in [-0.2, 0) is 9.47 Å². The molecule has 0 saturated carbocycles. The molecule has 1 aromatic carbocycles. The number of pyridine rings is 1. The van der Waals surface area contributed by atoms with Gasteiger partial charge in [0.25, 0.3) is 0 Å². The molecule has 0 aliphatic carbocycles. The van der Waals surface area contributed by atoms with Crippen LogP contribution in [0.2, 0.25) is 0 Å². The molecular weight excluding hydrogens is 353 g/mol. The number of hydrogen-bond acceptors (Lipinski definition) is 7. The zero-order chi connectivity index (χ0) is 19.2. The Labute approximate surface area is 155 Å². The summed E-state index contributed by atoms with van der Waals surface area (Å²) in [6.07, 6.45) is 2.73. The van der Waals surface area contributed by atoms with Crippen LogP contribution in [0, 0.1) is 5.82 Å². The second-order valence-electron chi connectivity index (χ2n) is 5.53. The first kappa shape index (κ1) is 18.7. The van der Waals surface area contributed by atoms with E-state index >= 15 is 0 Å². The summed E-state index contributed by atoms with van der Waals surface area (Å²) in [5.74, 6) is 0.929. The molecular formula is C18H20FN5O3. The van der Waals surface area contributed by atoms with Crippen LogP contribution in [0.4, 0.5) is 10.2 Å². The van der Waals surface area contributed by atoms with E-state index in [9.17, 15) is 4.39 Å². The summed E-state index contributed by atoms with van der Waals surface area (Å²) < 4.78 is 30.6. The first-order valence-electron chi connectivity index (χ1n) is 8.16. The van der Waals surface area contributed by atoms with Gasteiger partial charge in [0.15, 0.2) is 23.7 Å². The largest absolute Gasteiger partial charge is 0.494 e. The highest BCUT2D eigenvalue weighted by atomic mass is 19.1. The molecule has 2 aromatic heterocycles. The van der Waals surface area contributed by atoms with Crippen LogP contribution in [0.1, 0.15) is 0 Å². The van der Waals surface area contributed by atoms with Crippen molar-refractivity contribution in [3.8, 4) is 22.8 Å². The van der Waals surface area contributed by atoms with E-state index in [1.165, 1.54) is 19.5 Å². The van der Waals surface area contributed by atoms with E-state index < -0.39 is 5.82 Å². The molecule has 0 aliphatic rings. The Morgan fingerprint density at radius 3 is 2.59 bits per heavy atom. The van der Waals surface area contributed by atoms with Gasteiger partial charge in [0.2, 0.25) is 0 Å². The molecule has 0 fully saturated rings. The van der Waals surface area contributed by atoms with Crippen LogP contribution in [0.3, 0.4) is 0 Å². The van der Waals surface area contributed by atoms with Gasteiger partial charge in [-0.25, -0.2) is 19.0 Å². The van der Waals surface area contributed by atoms with Gasteiger partial charge in [-0.1, -0.05) is 0 Å². The smallest absolute Gasteiger partial charge is 0.173 e. The number of hydrogen-bond donors (Lipinski definition) is 1. The van der Waals surface area contributed by atoms with E-state index in [0.717, 1.165) is 0 Å². The van der Waals surface area contributed by atoms with E-state index in [0.29, 0.717) is 29.4 Å². The molecule has 0 atom stereocenters. The van der Waals surface area contributed by atoms with Gasteiger partial charge in [-0.15, -0.1) is 0 Å². The summed E-state index contributed by atoms with van der Waals surface area (Å²) >= 11 is 0. The van der Waals surface area contributed by atoms with Crippen LogP contribution in [0.15, 0.2) is 42.9 Å². The van der Waals surface area contributed by atoms with E-state index in [1.807, 2.05) is 12.1 Å². The number of benzene rings is 1. The number of nitrogens with one attached hydrogen (secondary N) is 1. The standard InChI is InChI=1S/C18H20FN5O3/c1-25-15-8-12(4-6-14(15)19)18-22-11-23-24(18)13-5-7-16(20-9-13)21-10-17(26-2)27-3/h4-9,11,17H,10H2,1-3H3,(H,20,21). The van der Waals surface area contributed by atoms with E-state index in [4.69, 9.17) is 14.2 Å². The number of nitrogens with zero attached hydrogens (tertiary/aromatic N) is 4. The number of halogens is 1. The SMILES string of the molecule is COc1cc(-c2ncnn2-c2ccc(NCC(OC)OC)nc2)ccc1F. The highest BCUT2D eigenvalue weighted by molar-refractivity contribution is 5.60. The first-order valence-corrected chi connectivity index (χ1v) is 8.16. The molecule has 27 heavy (non-hydrogen) atoms. The molecule has 3 aromatic rings. The number of ether oxygens (including phenoxy) is 3. The fourth-order valence-corrected chi connectivity index (χ4v) is 2.49. The maximum absolute atomic E-state index is 13.7. The minimum Gasteiger partial charge on any atom is -0.494 e. The first-order chi connectivity index (χ1) is 13.2. The van der Waals surface area contributed by atoms with Gasteiger partial charge in [0.1, 0.15) is 12.1 Å². The van der Waals surface area contributed by atoms with Crippen molar-refractivity contribution in [1.82, 2.24) is 19.7 Å². The highest BCUT2D eigenvalue weighted by Crippen LogP contribution is 2.26. The van der Waals surface area contributed by atoms with E-state index in [-0.39, 0.29) is 12.0 Å². The lowest BCUT2D eigenvalue weighted by Gasteiger charge is -2.14. The second kappa shape index (κ2) is 8.56. The maximum Gasteiger partial charge on any atom is 0.173 e. The van der Waals surface area contributed by atoms with Gasteiger partial charge in [0.05, 0.1) is 25.5 Å². The summed E-state index contributed by atoms with van der Waals surface area (Å²) in [6, 6.07) is 8.20. The zero-order valence-corrected chi connectivity index (χ0v) is 15.2. The van der Waals surface area contributed by atoms with Gasteiger partial charge >= 0.3 is 0 Å². The molecule has 0 saturated heterocycles. The minimum absolute atomic E-state index is 0.144. The Morgan fingerprint density at radius 1 is 1.11 bits per heavy atom. The zero-order valence-electron chi connectivity index (χ0n) is 15.2. The molecule has 3 rings (SSSR count). The quantitative estimate of drug-likeness (QED) is 0.608. The van der Waals surface area contributed by atoms with Crippen molar-refractivity contribution in [3.05, 3.63) is 48.7 Å². The van der Waals surface area contributed by atoms with Crippen molar-refractivity contribution in [1.29, 1.82) is 0 Å². The van der Waals surface area contributed by atoms with Crippen LogP contribution in [0.25, 0.3) is 17.1 Å². The predicted molar refractivity (Wildman–Crippen MR) is 97.4 cm³/mol. The molecule has 8 nitrogen and oxygen atoms in total. The molecule has 1 N–H and O–H groups in total. The average Bonchev–Trinajstić information content (AvgIpc) is 3.19. The Kier molecular flexibility index (Phi) is 5.94. The van der Waals surface area contributed by atoms with Crippen LogP contribution in [0.5, 0.6) is 5.75 Å². The summed E-state index contributed by atoms with van der Waals surface area (Å²) in [5.41, 5.74) is 1.39. The van der Waals surface area contributed by atoms with Crippen LogP contribution < -0.4 is 10.1 Å². The molecule has 0 amide bonds. The highest BCUT2D eigenvalue weighted by Gasteiger charge is 2.13. The van der Waals surface area contributed by atoms with Gasteiger partial charge in [0, 0.05) is 19.8 Å². The number of anilines is 1. The van der Waals surface area contributed by atoms with Crippen molar-refractivity contribution in [2.45, 2.75) is 6.29 Å². The fourth-order valence-electron chi connectivity index (χ4n) is 2.49. The molecule has 9 heteroatoms. The summed E-state index contributed by atoms with van der Waals surface area (Å²) in [7, 11) is 4.56. The summed E-state index contributed by atoms with van der Waals surface area (Å²) in [6.45, 7) is 0.462. The predicted octanol–water partition coefficient (Wildman–Crippen LogP) is 2.51. The lowest BCUT2D eigenvalue weighted by molar-refractivity contribution is -0.0914. The lowest BCUT2D eigenvalue weighted by Crippen LogP contribution is -2.23. The van der Waals surface area contributed by atoms with Crippen molar-refractivity contribution in [2.75, 3.05) is 33.2 Å². The van der Waals surface area contributed by atoms with Gasteiger partial charge in [-0.05, 0) is 30.3 Å². The Balaban J connectivity index is 1.81. The topological polar surface area (TPSA) is 83.3 Å². The monoisotopic (exact) mass is 373 g/mol. The molecule has 0 spiro atoms. The normalized spacial score (nSPS) is 11.0. The number of methoxy groups -OCH3 is 3. The second-order valence-corrected chi connectivity index (χ2v) is 5.53. The van der Waals surface area contributed by atoms with Crippen LogP contribution in [-0.4, -0.2) is 53.9 Å². The Morgan fingerprint density at radius 2 is 1.93 bits per heavy atom. The molecule has 142 valence electrons. The van der Waals surface area contributed by atoms with Gasteiger partial charge < -0.3 is 19.5 Å². The average molecular weight is 373 g/mol. The number of aromatic nitrogens is 4. The van der Waals surface area contributed by atoms with Gasteiger partial charge in [-0.2, -0.15) is 5.10 Å². The molecule has 2 heterocycles. The lowest BCUT2D eigenvalue weighted by atomic mass is 10.2.